The number of aliphatic hydroxyl groups is 1. The van der Waals surface area contributed by atoms with Gasteiger partial charge in [0.2, 0.25) is 0 Å². The topological polar surface area (TPSA) is 63.6 Å². The molecular weight excluding hydrogens is 316 g/mol. The molecule has 0 aliphatic carbocycles. The standard InChI is InChI=1S/C18H13ClO4/c1-10-2-4-11(5-3-10)15(20)14-16(21)18(22)23-17(14)12-6-8-13(19)9-7-12/h2-9,17,20H,1H3/b15-14-/t17-/m1/s1. The van der Waals surface area contributed by atoms with Crippen molar-refractivity contribution in [2.24, 2.45) is 0 Å². The Bertz CT molecular complexity index is 804. The maximum atomic E-state index is 12.1. The fraction of sp³-hybridized carbons (Fsp3) is 0.111. The Labute approximate surface area is 138 Å². The minimum absolute atomic E-state index is 0.0545. The molecule has 0 bridgehead atoms. The summed E-state index contributed by atoms with van der Waals surface area (Å²) in [6.07, 6.45) is -0.937. The first-order chi connectivity index (χ1) is 11.0. The molecule has 116 valence electrons. The molecule has 23 heavy (non-hydrogen) atoms. The van der Waals surface area contributed by atoms with Crippen LogP contribution in [0.2, 0.25) is 5.02 Å². The molecule has 0 amide bonds. The van der Waals surface area contributed by atoms with Crippen molar-refractivity contribution in [3.8, 4) is 0 Å². The van der Waals surface area contributed by atoms with Crippen LogP contribution in [0.15, 0.2) is 54.1 Å². The zero-order valence-electron chi connectivity index (χ0n) is 12.2. The van der Waals surface area contributed by atoms with Crippen LogP contribution in [0.1, 0.15) is 22.8 Å². The molecule has 1 aliphatic heterocycles. The van der Waals surface area contributed by atoms with E-state index in [2.05, 4.69) is 0 Å². The van der Waals surface area contributed by atoms with E-state index in [1.807, 2.05) is 19.1 Å². The number of hydrogen-bond donors (Lipinski definition) is 1. The summed E-state index contributed by atoms with van der Waals surface area (Å²) < 4.78 is 5.13. The first-order valence-electron chi connectivity index (χ1n) is 6.98. The number of hydrogen-bond acceptors (Lipinski definition) is 4. The minimum Gasteiger partial charge on any atom is -0.507 e. The van der Waals surface area contributed by atoms with Gasteiger partial charge in [0, 0.05) is 10.6 Å². The van der Waals surface area contributed by atoms with Crippen molar-refractivity contribution in [2.75, 3.05) is 0 Å². The third-order valence-corrected chi connectivity index (χ3v) is 3.92. The Kier molecular flexibility index (Phi) is 3.92. The van der Waals surface area contributed by atoms with Gasteiger partial charge in [-0.05, 0) is 24.6 Å². The van der Waals surface area contributed by atoms with Gasteiger partial charge in [0.1, 0.15) is 5.76 Å². The van der Waals surface area contributed by atoms with Gasteiger partial charge in [-0.1, -0.05) is 53.6 Å². The Balaban J connectivity index is 2.10. The zero-order chi connectivity index (χ0) is 16.6. The first-order valence-corrected chi connectivity index (χ1v) is 7.36. The second-order valence-electron chi connectivity index (χ2n) is 5.29. The average Bonchev–Trinajstić information content (AvgIpc) is 2.84. The predicted octanol–water partition coefficient (Wildman–Crippen LogP) is 3.78. The molecule has 0 spiro atoms. The van der Waals surface area contributed by atoms with Crippen molar-refractivity contribution < 1.29 is 19.4 Å². The van der Waals surface area contributed by atoms with Crippen molar-refractivity contribution >= 4 is 29.1 Å². The molecule has 3 rings (SSSR count). The van der Waals surface area contributed by atoms with Crippen molar-refractivity contribution in [1.82, 2.24) is 0 Å². The lowest BCUT2D eigenvalue weighted by molar-refractivity contribution is -0.149. The third-order valence-electron chi connectivity index (χ3n) is 3.67. The van der Waals surface area contributed by atoms with Gasteiger partial charge >= 0.3 is 5.97 Å². The number of ether oxygens (including phenoxy) is 1. The quantitative estimate of drug-likeness (QED) is 0.394. The van der Waals surface area contributed by atoms with Gasteiger partial charge in [-0.25, -0.2) is 4.79 Å². The maximum absolute atomic E-state index is 12.1. The summed E-state index contributed by atoms with van der Waals surface area (Å²) >= 11 is 5.85. The van der Waals surface area contributed by atoms with E-state index in [9.17, 15) is 14.7 Å². The molecule has 1 heterocycles. The molecule has 4 nitrogen and oxygen atoms in total. The third kappa shape index (κ3) is 2.85. The number of carbonyl (C=O) groups excluding carboxylic acids is 2. The molecule has 5 heteroatoms. The molecule has 1 N–H and O–H groups in total. The number of cyclic esters (lactones) is 1. The van der Waals surface area contributed by atoms with Crippen LogP contribution in [0.4, 0.5) is 0 Å². The molecule has 2 aromatic carbocycles. The fourth-order valence-electron chi connectivity index (χ4n) is 2.42. The molecule has 2 aromatic rings. The van der Waals surface area contributed by atoms with Crippen LogP contribution in [0.25, 0.3) is 5.76 Å². The van der Waals surface area contributed by atoms with Gasteiger partial charge in [-0.3, -0.25) is 4.79 Å². The number of halogens is 1. The predicted molar refractivity (Wildman–Crippen MR) is 86.0 cm³/mol. The summed E-state index contributed by atoms with van der Waals surface area (Å²) in [5.74, 6) is -2.05. The number of esters is 1. The highest BCUT2D eigenvalue weighted by molar-refractivity contribution is 6.44. The molecule has 1 saturated heterocycles. The second kappa shape index (κ2) is 5.89. The number of aliphatic hydroxyl groups excluding tert-OH is 1. The number of Topliss-reactive ketones (excluding diaryl/α,β-unsaturated/α-hetero) is 1. The molecule has 0 radical (unpaired) electrons. The average molecular weight is 329 g/mol. The van der Waals surface area contributed by atoms with Gasteiger partial charge in [0.15, 0.2) is 6.10 Å². The Hall–Kier alpha value is -2.59. The van der Waals surface area contributed by atoms with Gasteiger partial charge in [-0.15, -0.1) is 0 Å². The summed E-state index contributed by atoms with van der Waals surface area (Å²) in [4.78, 5) is 23.8. The summed E-state index contributed by atoms with van der Waals surface area (Å²) in [5.41, 5.74) is 1.99. The summed E-state index contributed by atoms with van der Waals surface area (Å²) in [6.45, 7) is 1.91. The molecule has 0 saturated carbocycles. The number of aryl methyl sites for hydroxylation is 1. The van der Waals surface area contributed by atoms with Gasteiger partial charge < -0.3 is 9.84 Å². The maximum Gasteiger partial charge on any atom is 0.380 e. The smallest absolute Gasteiger partial charge is 0.380 e. The number of rotatable bonds is 2. The Morgan fingerprint density at radius 3 is 2.26 bits per heavy atom. The van der Waals surface area contributed by atoms with Crippen molar-refractivity contribution in [3.63, 3.8) is 0 Å². The van der Waals surface area contributed by atoms with Crippen LogP contribution in [0.3, 0.4) is 0 Å². The highest BCUT2D eigenvalue weighted by atomic mass is 35.5. The van der Waals surface area contributed by atoms with Gasteiger partial charge in [0.05, 0.1) is 5.57 Å². The van der Waals surface area contributed by atoms with Gasteiger partial charge in [-0.2, -0.15) is 0 Å². The monoisotopic (exact) mass is 328 g/mol. The lowest BCUT2D eigenvalue weighted by Crippen LogP contribution is -2.08. The molecule has 1 atom stereocenters. The summed E-state index contributed by atoms with van der Waals surface area (Å²) in [6, 6.07) is 13.6. The van der Waals surface area contributed by atoms with Crippen LogP contribution in [0.5, 0.6) is 0 Å². The molecule has 1 fully saturated rings. The highest BCUT2D eigenvalue weighted by Gasteiger charge is 2.42. The van der Waals surface area contributed by atoms with Crippen LogP contribution in [-0.4, -0.2) is 16.9 Å². The van der Waals surface area contributed by atoms with E-state index in [0.717, 1.165) is 5.56 Å². The molecular formula is C18H13ClO4. The zero-order valence-corrected chi connectivity index (χ0v) is 13.0. The van der Waals surface area contributed by atoms with Crippen LogP contribution >= 0.6 is 11.6 Å². The van der Waals surface area contributed by atoms with E-state index < -0.39 is 17.9 Å². The summed E-state index contributed by atoms with van der Waals surface area (Å²) in [5, 5.41) is 11.0. The van der Waals surface area contributed by atoms with E-state index in [1.165, 1.54) is 0 Å². The normalized spacial score (nSPS) is 19.7. The lowest BCUT2D eigenvalue weighted by atomic mass is 9.96. The van der Waals surface area contributed by atoms with Crippen LogP contribution in [-0.2, 0) is 14.3 Å². The SMILES string of the molecule is Cc1ccc(/C(O)=C2\C(=O)C(=O)O[C@@H]2c2ccc(Cl)cc2)cc1. The molecule has 1 aliphatic rings. The summed E-state index contributed by atoms with van der Waals surface area (Å²) in [7, 11) is 0. The van der Waals surface area contributed by atoms with E-state index in [-0.39, 0.29) is 11.3 Å². The lowest BCUT2D eigenvalue weighted by Gasteiger charge is -2.12. The second-order valence-corrected chi connectivity index (χ2v) is 5.73. The number of ketones is 1. The Morgan fingerprint density at radius 1 is 1.04 bits per heavy atom. The van der Waals surface area contributed by atoms with Gasteiger partial charge in [0.25, 0.3) is 5.78 Å². The van der Waals surface area contributed by atoms with Crippen LogP contribution < -0.4 is 0 Å². The van der Waals surface area contributed by atoms with E-state index in [4.69, 9.17) is 16.3 Å². The largest absolute Gasteiger partial charge is 0.507 e. The van der Waals surface area contributed by atoms with E-state index in [0.29, 0.717) is 16.1 Å². The number of carbonyl (C=O) groups is 2. The Morgan fingerprint density at radius 2 is 1.65 bits per heavy atom. The van der Waals surface area contributed by atoms with Crippen molar-refractivity contribution in [3.05, 3.63) is 75.8 Å². The van der Waals surface area contributed by atoms with Crippen molar-refractivity contribution in [1.29, 1.82) is 0 Å². The molecule has 0 unspecified atom stereocenters. The molecule has 0 aromatic heterocycles. The van der Waals surface area contributed by atoms with Crippen LogP contribution in [0, 0.1) is 6.92 Å². The highest BCUT2D eigenvalue weighted by Crippen LogP contribution is 2.37. The van der Waals surface area contributed by atoms with E-state index >= 15 is 0 Å². The number of benzene rings is 2. The fourth-order valence-corrected chi connectivity index (χ4v) is 2.55. The van der Waals surface area contributed by atoms with E-state index in [1.54, 1.807) is 36.4 Å². The van der Waals surface area contributed by atoms with Crippen molar-refractivity contribution in [2.45, 2.75) is 13.0 Å². The minimum atomic E-state index is -0.974. The first kappa shape index (κ1) is 15.3.